The number of amides is 2. The predicted molar refractivity (Wildman–Crippen MR) is 73.0 cm³/mol. The second-order valence-electron chi connectivity index (χ2n) is 5.28. The van der Waals surface area contributed by atoms with Crippen LogP contribution in [-0.4, -0.2) is 29.6 Å². The van der Waals surface area contributed by atoms with Crippen molar-refractivity contribution >= 4 is 11.8 Å². The van der Waals surface area contributed by atoms with Gasteiger partial charge in [-0.15, -0.1) is 0 Å². The Morgan fingerprint density at radius 3 is 2.70 bits per heavy atom. The number of aromatic nitrogens is 1. The molecular weight excluding hydrogens is 258 g/mol. The van der Waals surface area contributed by atoms with Gasteiger partial charge in [-0.1, -0.05) is 24.4 Å². The smallest absolute Gasteiger partial charge is 0.239 e. The molecule has 20 heavy (non-hydrogen) atoms. The Hall–Kier alpha value is -1.85. The van der Waals surface area contributed by atoms with Crippen molar-refractivity contribution < 1.29 is 14.1 Å². The van der Waals surface area contributed by atoms with E-state index in [0.29, 0.717) is 11.5 Å². The van der Waals surface area contributed by atoms with Crippen molar-refractivity contribution in [2.24, 2.45) is 0 Å². The molecule has 1 aromatic rings. The first kappa shape index (κ1) is 14.6. The van der Waals surface area contributed by atoms with E-state index in [2.05, 4.69) is 15.8 Å². The van der Waals surface area contributed by atoms with Gasteiger partial charge < -0.3 is 15.2 Å². The second kappa shape index (κ2) is 7.07. The lowest BCUT2D eigenvalue weighted by molar-refractivity contribution is -0.126. The molecule has 0 atom stereocenters. The molecule has 0 aromatic carbocycles. The second-order valence-corrected chi connectivity index (χ2v) is 5.28. The first-order chi connectivity index (χ1) is 9.63. The van der Waals surface area contributed by atoms with Crippen LogP contribution in [0.2, 0.25) is 0 Å². The molecule has 1 aliphatic carbocycles. The largest absolute Gasteiger partial charge is 0.361 e. The third-order valence-electron chi connectivity index (χ3n) is 3.43. The third-order valence-corrected chi connectivity index (χ3v) is 3.43. The van der Waals surface area contributed by atoms with Crippen LogP contribution in [0.4, 0.5) is 0 Å². The number of aryl methyl sites for hydroxylation is 1. The summed E-state index contributed by atoms with van der Waals surface area (Å²) in [6.45, 7) is 1.79. The lowest BCUT2D eigenvalue weighted by Gasteiger charge is -2.22. The fourth-order valence-corrected chi connectivity index (χ4v) is 2.43. The van der Waals surface area contributed by atoms with Crippen molar-refractivity contribution in [3.05, 3.63) is 17.5 Å². The molecule has 1 aromatic heterocycles. The minimum Gasteiger partial charge on any atom is -0.361 e. The topological polar surface area (TPSA) is 84.2 Å². The summed E-state index contributed by atoms with van der Waals surface area (Å²) >= 11 is 0. The highest BCUT2D eigenvalue weighted by Gasteiger charge is 2.16. The summed E-state index contributed by atoms with van der Waals surface area (Å²) in [7, 11) is 0. The zero-order valence-corrected chi connectivity index (χ0v) is 11.8. The zero-order chi connectivity index (χ0) is 14.4. The van der Waals surface area contributed by atoms with Gasteiger partial charge in [-0.25, -0.2) is 0 Å². The van der Waals surface area contributed by atoms with Gasteiger partial charge in [0, 0.05) is 12.1 Å². The van der Waals surface area contributed by atoms with Gasteiger partial charge in [-0.2, -0.15) is 0 Å². The Labute approximate surface area is 118 Å². The SMILES string of the molecule is Cc1cc(CC(=O)NCC(=O)NC2CCCCC2)no1. The Kier molecular flexibility index (Phi) is 5.15. The molecule has 1 saturated carbocycles. The van der Waals surface area contributed by atoms with E-state index in [9.17, 15) is 9.59 Å². The Morgan fingerprint density at radius 1 is 1.30 bits per heavy atom. The van der Waals surface area contributed by atoms with Gasteiger partial charge in [-0.3, -0.25) is 9.59 Å². The number of carbonyl (C=O) groups is 2. The molecule has 6 nitrogen and oxygen atoms in total. The molecule has 110 valence electrons. The van der Waals surface area contributed by atoms with Gasteiger partial charge in [0.25, 0.3) is 0 Å². The molecule has 0 aliphatic heterocycles. The van der Waals surface area contributed by atoms with Crippen LogP contribution in [-0.2, 0) is 16.0 Å². The highest BCUT2D eigenvalue weighted by atomic mass is 16.5. The summed E-state index contributed by atoms with van der Waals surface area (Å²) in [5.41, 5.74) is 0.577. The van der Waals surface area contributed by atoms with Crippen molar-refractivity contribution in [1.82, 2.24) is 15.8 Å². The molecule has 1 heterocycles. The molecule has 0 saturated heterocycles. The maximum atomic E-state index is 11.7. The average molecular weight is 279 g/mol. The van der Waals surface area contributed by atoms with Crippen molar-refractivity contribution in [2.45, 2.75) is 51.5 Å². The quantitative estimate of drug-likeness (QED) is 0.845. The molecule has 1 fully saturated rings. The Balaban J connectivity index is 1.66. The first-order valence-electron chi connectivity index (χ1n) is 7.12. The zero-order valence-electron chi connectivity index (χ0n) is 11.8. The van der Waals surface area contributed by atoms with Crippen LogP contribution in [0.5, 0.6) is 0 Å². The van der Waals surface area contributed by atoms with Crippen molar-refractivity contribution in [3.63, 3.8) is 0 Å². The lowest BCUT2D eigenvalue weighted by atomic mass is 9.95. The minimum absolute atomic E-state index is 0.0200. The van der Waals surface area contributed by atoms with Gasteiger partial charge in [0.1, 0.15) is 5.76 Å². The van der Waals surface area contributed by atoms with E-state index in [1.54, 1.807) is 13.0 Å². The number of hydrogen-bond acceptors (Lipinski definition) is 4. The Bertz CT molecular complexity index is 464. The van der Waals surface area contributed by atoms with Crippen LogP contribution in [0.3, 0.4) is 0 Å². The Morgan fingerprint density at radius 2 is 2.05 bits per heavy atom. The van der Waals surface area contributed by atoms with Gasteiger partial charge >= 0.3 is 0 Å². The molecule has 2 rings (SSSR count). The van der Waals surface area contributed by atoms with E-state index in [1.807, 2.05) is 0 Å². The molecule has 0 radical (unpaired) electrons. The molecule has 1 aliphatic rings. The van der Waals surface area contributed by atoms with E-state index in [1.165, 1.54) is 19.3 Å². The van der Waals surface area contributed by atoms with E-state index >= 15 is 0 Å². The molecule has 6 heteroatoms. The van der Waals surface area contributed by atoms with Gasteiger partial charge in [-0.05, 0) is 19.8 Å². The molecule has 2 amide bonds. The summed E-state index contributed by atoms with van der Waals surface area (Å²) in [6.07, 6.45) is 5.80. The lowest BCUT2D eigenvalue weighted by Crippen LogP contribution is -2.43. The molecule has 0 unspecified atom stereocenters. The average Bonchev–Trinajstić information content (AvgIpc) is 2.83. The molecule has 2 N–H and O–H groups in total. The minimum atomic E-state index is -0.225. The van der Waals surface area contributed by atoms with Gasteiger partial charge in [0.2, 0.25) is 11.8 Å². The highest BCUT2D eigenvalue weighted by Crippen LogP contribution is 2.17. The van der Waals surface area contributed by atoms with Crippen molar-refractivity contribution in [1.29, 1.82) is 0 Å². The van der Waals surface area contributed by atoms with Crippen LogP contribution in [0.1, 0.15) is 43.6 Å². The number of carbonyl (C=O) groups excluding carboxylic acids is 2. The van der Waals surface area contributed by atoms with Crippen molar-refractivity contribution in [2.75, 3.05) is 6.54 Å². The standard InChI is InChI=1S/C14H21N3O3/c1-10-7-12(17-20-10)8-13(18)15-9-14(19)16-11-5-3-2-4-6-11/h7,11H,2-6,8-9H2,1H3,(H,15,18)(H,16,19). The van der Waals surface area contributed by atoms with Crippen LogP contribution >= 0.6 is 0 Å². The monoisotopic (exact) mass is 279 g/mol. The summed E-state index contributed by atoms with van der Waals surface area (Å²) in [5.74, 6) is 0.321. The number of nitrogens with one attached hydrogen (secondary N) is 2. The van der Waals surface area contributed by atoms with Gasteiger partial charge in [0.05, 0.1) is 18.7 Å². The first-order valence-corrected chi connectivity index (χ1v) is 7.12. The summed E-state index contributed by atoms with van der Waals surface area (Å²) in [6, 6.07) is 1.98. The maximum Gasteiger partial charge on any atom is 0.239 e. The summed E-state index contributed by atoms with van der Waals surface area (Å²) in [4.78, 5) is 23.4. The fourth-order valence-electron chi connectivity index (χ4n) is 2.43. The molecule has 0 bridgehead atoms. The summed E-state index contributed by atoms with van der Waals surface area (Å²) in [5, 5.41) is 9.29. The molecular formula is C14H21N3O3. The number of hydrogen-bond donors (Lipinski definition) is 2. The van der Waals surface area contributed by atoms with Crippen molar-refractivity contribution in [3.8, 4) is 0 Å². The van der Waals surface area contributed by atoms with Crippen LogP contribution in [0.25, 0.3) is 0 Å². The maximum absolute atomic E-state index is 11.7. The van der Waals surface area contributed by atoms with E-state index in [0.717, 1.165) is 12.8 Å². The van der Waals surface area contributed by atoms with Crippen LogP contribution < -0.4 is 10.6 Å². The van der Waals surface area contributed by atoms with Gasteiger partial charge in [0.15, 0.2) is 0 Å². The predicted octanol–water partition coefficient (Wildman–Crippen LogP) is 1.09. The summed E-state index contributed by atoms with van der Waals surface area (Å²) < 4.78 is 4.88. The fraction of sp³-hybridized carbons (Fsp3) is 0.643. The van der Waals surface area contributed by atoms with E-state index < -0.39 is 0 Å². The van der Waals surface area contributed by atoms with E-state index in [4.69, 9.17) is 4.52 Å². The van der Waals surface area contributed by atoms with Crippen LogP contribution in [0.15, 0.2) is 10.6 Å². The number of rotatable bonds is 5. The normalized spacial score (nSPS) is 15.8. The molecule has 0 spiro atoms. The highest BCUT2D eigenvalue weighted by molar-refractivity contribution is 5.85. The number of nitrogens with zero attached hydrogens (tertiary/aromatic N) is 1. The third kappa shape index (κ3) is 4.68. The van der Waals surface area contributed by atoms with Crippen LogP contribution in [0, 0.1) is 6.92 Å². The van der Waals surface area contributed by atoms with E-state index in [-0.39, 0.29) is 30.8 Å².